The molecule has 0 fully saturated rings. The molecule has 16 heavy (non-hydrogen) atoms. The molecule has 0 aliphatic heterocycles. The van der Waals surface area contributed by atoms with Crippen LogP contribution in [0.4, 0.5) is 0 Å². The molecule has 0 atom stereocenters. The van der Waals surface area contributed by atoms with E-state index in [2.05, 4.69) is 54.0 Å². The van der Waals surface area contributed by atoms with Crippen molar-refractivity contribution in [3.63, 3.8) is 0 Å². The topological polar surface area (TPSA) is 17.0 Å². The maximum Gasteiger partial charge on any atom is 0.0481 e. The van der Waals surface area contributed by atoms with Gasteiger partial charge in [-0.15, -0.1) is 6.58 Å². The second-order valence-corrected chi connectivity index (χ2v) is 4.04. The van der Waals surface area contributed by atoms with E-state index in [0.717, 1.165) is 19.5 Å². The molecule has 0 bridgehead atoms. The van der Waals surface area contributed by atoms with Crippen LogP contribution in [0.15, 0.2) is 43.1 Å². The summed E-state index contributed by atoms with van der Waals surface area (Å²) in [4.78, 5) is 0. The molecular weight excluding hydrogens is 196 g/mol. The van der Waals surface area contributed by atoms with Gasteiger partial charge in [0.25, 0.3) is 0 Å². The maximum absolute atomic E-state index is 3.72. The second kappa shape index (κ2) is 4.99. The third kappa shape index (κ3) is 2.17. The van der Waals surface area contributed by atoms with Crippen LogP contribution >= 0.6 is 0 Å². The first-order valence-corrected chi connectivity index (χ1v) is 5.67. The summed E-state index contributed by atoms with van der Waals surface area (Å²) in [7, 11) is 2.09. The summed E-state index contributed by atoms with van der Waals surface area (Å²) in [5.41, 5.74) is 2.66. The maximum atomic E-state index is 3.72. The quantitative estimate of drug-likeness (QED) is 0.598. The molecule has 2 nitrogen and oxygen atoms in total. The molecule has 1 aromatic heterocycles. The lowest BCUT2D eigenvalue weighted by atomic mass is 10.2. The Bertz CT molecular complexity index is 482. The molecule has 0 radical (unpaired) electrons. The first-order chi connectivity index (χ1) is 7.83. The Kier molecular flexibility index (Phi) is 3.42. The van der Waals surface area contributed by atoms with E-state index in [1.807, 2.05) is 6.08 Å². The van der Waals surface area contributed by atoms with Crippen molar-refractivity contribution >= 4 is 10.9 Å². The zero-order valence-electron chi connectivity index (χ0n) is 9.74. The van der Waals surface area contributed by atoms with Gasteiger partial charge in [0.1, 0.15) is 0 Å². The fourth-order valence-electron chi connectivity index (χ4n) is 1.99. The van der Waals surface area contributed by atoms with Crippen molar-refractivity contribution in [3.05, 3.63) is 48.7 Å². The number of benzene rings is 1. The number of aromatic nitrogens is 1. The minimum atomic E-state index is 0.926. The first-order valence-electron chi connectivity index (χ1n) is 5.67. The Hall–Kier alpha value is -1.54. The fraction of sp³-hybridized carbons (Fsp3) is 0.286. The molecule has 0 saturated carbocycles. The predicted molar refractivity (Wildman–Crippen MR) is 69.4 cm³/mol. The van der Waals surface area contributed by atoms with Crippen LogP contribution in [-0.2, 0) is 13.6 Å². The zero-order valence-corrected chi connectivity index (χ0v) is 9.74. The summed E-state index contributed by atoms with van der Waals surface area (Å²) < 4.78 is 2.18. The van der Waals surface area contributed by atoms with Gasteiger partial charge in [-0.1, -0.05) is 24.3 Å². The Morgan fingerprint density at radius 1 is 1.38 bits per heavy atom. The van der Waals surface area contributed by atoms with Crippen molar-refractivity contribution in [1.29, 1.82) is 0 Å². The molecule has 84 valence electrons. The van der Waals surface area contributed by atoms with Crippen LogP contribution in [0.1, 0.15) is 12.0 Å². The van der Waals surface area contributed by atoms with Crippen LogP contribution in [-0.4, -0.2) is 11.1 Å². The molecule has 0 spiro atoms. The van der Waals surface area contributed by atoms with Crippen LogP contribution < -0.4 is 5.32 Å². The van der Waals surface area contributed by atoms with Crippen molar-refractivity contribution in [2.24, 2.45) is 7.05 Å². The predicted octanol–water partition coefficient (Wildman–Crippen LogP) is 2.84. The Morgan fingerprint density at radius 2 is 2.19 bits per heavy atom. The Balaban J connectivity index is 2.15. The van der Waals surface area contributed by atoms with Crippen molar-refractivity contribution in [1.82, 2.24) is 9.88 Å². The molecule has 1 N–H and O–H groups in total. The van der Waals surface area contributed by atoms with E-state index in [9.17, 15) is 0 Å². The van der Waals surface area contributed by atoms with Gasteiger partial charge < -0.3 is 9.88 Å². The normalized spacial score (nSPS) is 10.8. The number of rotatable bonds is 5. The molecule has 1 heterocycles. The van der Waals surface area contributed by atoms with E-state index >= 15 is 0 Å². The number of hydrogen-bond acceptors (Lipinski definition) is 1. The summed E-state index contributed by atoms with van der Waals surface area (Å²) in [6.45, 7) is 5.63. The van der Waals surface area contributed by atoms with Gasteiger partial charge in [0.15, 0.2) is 0 Å². The summed E-state index contributed by atoms with van der Waals surface area (Å²) in [6, 6.07) is 8.51. The van der Waals surface area contributed by atoms with Crippen molar-refractivity contribution in [2.75, 3.05) is 6.54 Å². The average Bonchev–Trinajstić information content (AvgIpc) is 2.63. The van der Waals surface area contributed by atoms with Crippen molar-refractivity contribution < 1.29 is 0 Å². The molecule has 0 saturated heterocycles. The molecule has 2 heteroatoms. The van der Waals surface area contributed by atoms with E-state index in [-0.39, 0.29) is 0 Å². The number of fused-ring (bicyclic) bond motifs is 1. The van der Waals surface area contributed by atoms with Gasteiger partial charge in [0.2, 0.25) is 0 Å². The standard InChI is InChI=1S/C14H18N2/c1-3-4-9-15-10-12-11-16(2)14-8-6-5-7-13(12)14/h3,5-8,11,15H,1,4,9-10H2,2H3. The van der Waals surface area contributed by atoms with E-state index in [1.54, 1.807) is 0 Å². The molecule has 0 unspecified atom stereocenters. The number of nitrogens with one attached hydrogen (secondary N) is 1. The van der Waals surface area contributed by atoms with Crippen LogP contribution in [0.3, 0.4) is 0 Å². The minimum absolute atomic E-state index is 0.926. The number of nitrogens with zero attached hydrogens (tertiary/aromatic N) is 1. The molecular formula is C14H18N2. The highest BCUT2D eigenvalue weighted by Gasteiger charge is 2.04. The molecule has 2 rings (SSSR count). The van der Waals surface area contributed by atoms with E-state index < -0.39 is 0 Å². The molecule has 0 aliphatic rings. The zero-order chi connectivity index (χ0) is 11.4. The van der Waals surface area contributed by atoms with Gasteiger partial charge in [-0.3, -0.25) is 0 Å². The molecule has 2 aromatic rings. The summed E-state index contributed by atoms with van der Waals surface area (Å²) >= 11 is 0. The van der Waals surface area contributed by atoms with Gasteiger partial charge in [0.05, 0.1) is 0 Å². The minimum Gasteiger partial charge on any atom is -0.350 e. The molecule has 0 aliphatic carbocycles. The largest absolute Gasteiger partial charge is 0.350 e. The monoisotopic (exact) mass is 214 g/mol. The highest BCUT2D eigenvalue weighted by Crippen LogP contribution is 2.19. The highest BCUT2D eigenvalue weighted by molar-refractivity contribution is 5.83. The lowest BCUT2D eigenvalue weighted by Crippen LogP contribution is -2.13. The third-order valence-corrected chi connectivity index (χ3v) is 2.82. The van der Waals surface area contributed by atoms with Gasteiger partial charge in [-0.25, -0.2) is 0 Å². The summed E-state index contributed by atoms with van der Waals surface area (Å²) in [5.74, 6) is 0. The van der Waals surface area contributed by atoms with E-state index in [0.29, 0.717) is 0 Å². The summed E-state index contributed by atoms with van der Waals surface area (Å²) in [5, 5.41) is 4.77. The third-order valence-electron chi connectivity index (χ3n) is 2.82. The van der Waals surface area contributed by atoms with Crippen molar-refractivity contribution in [3.8, 4) is 0 Å². The van der Waals surface area contributed by atoms with E-state index in [1.165, 1.54) is 16.5 Å². The molecule has 1 aromatic carbocycles. The Morgan fingerprint density at radius 3 is 3.00 bits per heavy atom. The molecule has 0 amide bonds. The van der Waals surface area contributed by atoms with Crippen LogP contribution in [0, 0.1) is 0 Å². The highest BCUT2D eigenvalue weighted by atomic mass is 14.9. The van der Waals surface area contributed by atoms with Crippen LogP contribution in [0.25, 0.3) is 10.9 Å². The summed E-state index contributed by atoms with van der Waals surface area (Å²) in [6.07, 6.45) is 5.16. The second-order valence-electron chi connectivity index (χ2n) is 4.04. The first kappa shape index (κ1) is 11.0. The Labute approximate surface area is 96.6 Å². The van der Waals surface area contributed by atoms with Crippen LogP contribution in [0.2, 0.25) is 0 Å². The van der Waals surface area contributed by atoms with Crippen molar-refractivity contribution in [2.45, 2.75) is 13.0 Å². The lowest BCUT2D eigenvalue weighted by molar-refractivity contribution is 0.697. The SMILES string of the molecule is C=CCCNCc1cn(C)c2ccccc12. The van der Waals surface area contributed by atoms with Gasteiger partial charge >= 0.3 is 0 Å². The number of aryl methyl sites for hydroxylation is 1. The average molecular weight is 214 g/mol. The van der Waals surface area contributed by atoms with E-state index in [4.69, 9.17) is 0 Å². The van der Waals surface area contributed by atoms with Gasteiger partial charge in [0, 0.05) is 30.7 Å². The number of hydrogen-bond donors (Lipinski definition) is 1. The van der Waals surface area contributed by atoms with Gasteiger partial charge in [-0.2, -0.15) is 0 Å². The smallest absolute Gasteiger partial charge is 0.0481 e. The van der Waals surface area contributed by atoms with Crippen LogP contribution in [0.5, 0.6) is 0 Å². The van der Waals surface area contributed by atoms with Gasteiger partial charge in [-0.05, 0) is 24.6 Å². The number of para-hydroxylation sites is 1. The fourth-order valence-corrected chi connectivity index (χ4v) is 1.99. The lowest BCUT2D eigenvalue weighted by Gasteiger charge is -2.01.